The maximum Gasteiger partial charge on any atom is 0.409 e. The molecule has 15 heteroatoms. The van der Waals surface area contributed by atoms with Crippen LogP contribution in [0.15, 0.2) is 67.3 Å². The van der Waals surface area contributed by atoms with E-state index >= 15 is 0 Å². The normalized spacial score (nSPS) is 15.6. The van der Waals surface area contributed by atoms with E-state index in [-0.39, 0.29) is 12.2 Å². The van der Waals surface area contributed by atoms with Crippen LogP contribution in [0.1, 0.15) is 84.3 Å². The molecule has 0 radical (unpaired) electrons. The number of aromatic nitrogens is 2. The zero-order valence-electron chi connectivity index (χ0n) is 32.4. The van der Waals surface area contributed by atoms with Crippen molar-refractivity contribution in [3.63, 3.8) is 0 Å². The molecule has 59 heavy (non-hydrogen) atoms. The van der Waals surface area contributed by atoms with E-state index in [0.29, 0.717) is 60.8 Å². The average Bonchev–Trinajstić information content (AvgIpc) is 3.48. The number of amides is 2. The highest BCUT2D eigenvalue weighted by Crippen LogP contribution is 2.46. The number of halogens is 5. The molecule has 8 rings (SSSR count). The molecular formula is C44H41Br3Cl2N6O4. The summed E-state index contributed by atoms with van der Waals surface area (Å²) in [5.74, 6) is 0. The second-order valence-corrected chi connectivity index (χ2v) is 17.6. The fourth-order valence-electron chi connectivity index (χ4n) is 7.73. The van der Waals surface area contributed by atoms with Gasteiger partial charge in [0, 0.05) is 75.4 Å². The average molecular weight is 1030 g/mol. The van der Waals surface area contributed by atoms with Gasteiger partial charge in [0.15, 0.2) is 0 Å². The summed E-state index contributed by atoms with van der Waals surface area (Å²) in [6.45, 7) is 6.85. The topological polar surface area (TPSA) is 137 Å². The lowest BCUT2D eigenvalue weighted by Gasteiger charge is -2.30. The zero-order chi connectivity index (χ0) is 42.0. The summed E-state index contributed by atoms with van der Waals surface area (Å²) < 4.78 is 12.9. The van der Waals surface area contributed by atoms with Crippen LogP contribution in [0.5, 0.6) is 0 Å². The van der Waals surface area contributed by atoms with Crippen molar-refractivity contribution in [1.29, 1.82) is 0 Å². The van der Waals surface area contributed by atoms with Crippen LogP contribution < -0.4 is 11.5 Å². The van der Waals surface area contributed by atoms with Gasteiger partial charge >= 0.3 is 12.2 Å². The Balaban J connectivity index is 0.000000179. The van der Waals surface area contributed by atoms with Gasteiger partial charge in [-0.2, -0.15) is 0 Å². The third-order valence-corrected chi connectivity index (χ3v) is 12.9. The highest BCUT2D eigenvalue weighted by molar-refractivity contribution is 9.11. The van der Waals surface area contributed by atoms with Crippen molar-refractivity contribution in [3.05, 3.63) is 122 Å². The third-order valence-electron chi connectivity index (χ3n) is 10.6. The maximum absolute atomic E-state index is 12.1. The lowest BCUT2D eigenvalue weighted by atomic mass is 9.88. The van der Waals surface area contributed by atoms with Crippen LogP contribution in [-0.4, -0.2) is 71.3 Å². The van der Waals surface area contributed by atoms with E-state index in [4.69, 9.17) is 54.1 Å². The van der Waals surface area contributed by atoms with E-state index in [0.717, 1.165) is 95.0 Å². The van der Waals surface area contributed by atoms with Gasteiger partial charge in [-0.25, -0.2) is 9.59 Å². The Morgan fingerprint density at radius 3 is 1.64 bits per heavy atom. The Labute approximate surface area is 378 Å². The van der Waals surface area contributed by atoms with Crippen molar-refractivity contribution in [2.45, 2.75) is 39.5 Å². The Hall–Kier alpha value is -4.14. The number of nitrogen functional groups attached to an aromatic ring is 2. The van der Waals surface area contributed by atoms with Crippen molar-refractivity contribution in [2.75, 3.05) is 50.9 Å². The molecule has 4 aromatic rings. The van der Waals surface area contributed by atoms with Gasteiger partial charge in [-0.3, -0.25) is 9.97 Å². The van der Waals surface area contributed by atoms with E-state index in [1.807, 2.05) is 50.4 Å². The number of rotatable bonds is 2. The molecule has 0 spiro atoms. The van der Waals surface area contributed by atoms with Gasteiger partial charge in [-0.1, -0.05) is 58.7 Å². The number of carbonyl (C=O) groups excluding carboxylic acids is 2. The minimum atomic E-state index is -0.260. The van der Waals surface area contributed by atoms with Crippen LogP contribution in [-0.2, 0) is 9.47 Å². The molecule has 4 heterocycles. The van der Waals surface area contributed by atoms with Gasteiger partial charge in [0.25, 0.3) is 0 Å². The molecule has 306 valence electrons. The fraction of sp³-hybridized carbons (Fsp3) is 0.273. The Kier molecular flexibility index (Phi) is 13.6. The molecule has 2 amide bonds. The summed E-state index contributed by atoms with van der Waals surface area (Å²) in [5.41, 5.74) is 25.9. The van der Waals surface area contributed by atoms with Crippen LogP contribution in [0.2, 0.25) is 10.0 Å². The summed E-state index contributed by atoms with van der Waals surface area (Å²) in [4.78, 5) is 37.2. The van der Waals surface area contributed by atoms with Crippen LogP contribution in [0.4, 0.5) is 21.0 Å². The van der Waals surface area contributed by atoms with Crippen LogP contribution in [0.3, 0.4) is 0 Å². The molecule has 2 aliphatic heterocycles. The first-order valence-corrected chi connectivity index (χ1v) is 22.3. The van der Waals surface area contributed by atoms with Gasteiger partial charge in [0.2, 0.25) is 0 Å². The smallest absolute Gasteiger partial charge is 0.409 e. The number of fused-ring (bicyclic) bond motifs is 4. The van der Waals surface area contributed by atoms with Crippen molar-refractivity contribution >= 4 is 130 Å². The Bertz CT molecular complexity index is 2470. The summed E-state index contributed by atoms with van der Waals surface area (Å²) >= 11 is 23.4. The second-order valence-electron chi connectivity index (χ2n) is 14.2. The number of benzene rings is 2. The molecule has 2 saturated heterocycles. The van der Waals surface area contributed by atoms with Gasteiger partial charge in [0.05, 0.1) is 50.5 Å². The number of hydrogen-bond acceptors (Lipinski definition) is 8. The minimum absolute atomic E-state index is 0.252. The number of nitrogens with two attached hydrogens (primary N) is 2. The molecule has 10 nitrogen and oxygen atoms in total. The van der Waals surface area contributed by atoms with Crippen LogP contribution >= 0.6 is 71.0 Å². The summed E-state index contributed by atoms with van der Waals surface area (Å²) in [6.07, 6.45) is 14.3. The Morgan fingerprint density at radius 1 is 0.661 bits per heavy atom. The monoisotopic (exact) mass is 1020 g/mol. The SMILES string of the molecule is CCOC(=O)N1CCC(=C2c3cc(N)c(Cl)cc3C=Cc3cc(Br)cnc32)CC1.CCOC(=O)N1CCC(=C2c3ncc(Br)cc3C=Cc3cc(Cl)c(N)c(Br)c32)CC1. The van der Waals surface area contributed by atoms with Crippen molar-refractivity contribution in [1.82, 2.24) is 19.8 Å². The minimum Gasteiger partial charge on any atom is -0.450 e. The number of carbonyl (C=O) groups is 2. The molecular weight excluding hydrogens is 987 g/mol. The fourth-order valence-corrected chi connectivity index (χ4v) is 9.57. The number of piperidine rings is 2. The quantitative estimate of drug-likeness (QED) is 0.164. The van der Waals surface area contributed by atoms with Gasteiger partial charge < -0.3 is 30.7 Å². The molecule has 4 N–H and O–H groups in total. The predicted molar refractivity (Wildman–Crippen MR) is 249 cm³/mol. The van der Waals surface area contributed by atoms with Gasteiger partial charge in [-0.15, -0.1) is 0 Å². The predicted octanol–water partition coefficient (Wildman–Crippen LogP) is 12.0. The van der Waals surface area contributed by atoms with Gasteiger partial charge in [0.1, 0.15) is 0 Å². The summed E-state index contributed by atoms with van der Waals surface area (Å²) in [7, 11) is 0. The lowest BCUT2D eigenvalue weighted by molar-refractivity contribution is 0.103. The lowest BCUT2D eigenvalue weighted by Crippen LogP contribution is -2.37. The maximum atomic E-state index is 12.1. The second kappa shape index (κ2) is 18.6. The number of ether oxygens (including phenoxy) is 2. The number of likely N-dealkylation sites (tertiary alicyclic amines) is 2. The Morgan fingerprint density at radius 2 is 1.12 bits per heavy atom. The van der Waals surface area contributed by atoms with Crippen molar-refractivity contribution in [3.8, 4) is 0 Å². The molecule has 2 fully saturated rings. The van der Waals surface area contributed by atoms with Crippen molar-refractivity contribution in [2.24, 2.45) is 0 Å². The third kappa shape index (κ3) is 9.14. The molecule has 0 bridgehead atoms. The molecule has 0 unspecified atom stereocenters. The first kappa shape index (κ1) is 43.0. The summed E-state index contributed by atoms with van der Waals surface area (Å²) in [5, 5.41) is 1.04. The molecule has 0 saturated carbocycles. The van der Waals surface area contributed by atoms with E-state index < -0.39 is 0 Å². The number of pyridine rings is 2. The number of anilines is 2. The van der Waals surface area contributed by atoms with Crippen LogP contribution in [0.25, 0.3) is 35.5 Å². The molecule has 2 aromatic heterocycles. The van der Waals surface area contributed by atoms with E-state index in [1.54, 1.807) is 16.0 Å². The first-order valence-electron chi connectivity index (χ1n) is 19.2. The molecule has 2 aliphatic carbocycles. The van der Waals surface area contributed by atoms with Gasteiger partial charge in [-0.05, 0) is 134 Å². The largest absolute Gasteiger partial charge is 0.450 e. The van der Waals surface area contributed by atoms with Crippen molar-refractivity contribution < 1.29 is 19.1 Å². The first-order chi connectivity index (χ1) is 28.4. The van der Waals surface area contributed by atoms with E-state index in [2.05, 4.69) is 72.1 Å². The number of nitrogens with zero attached hydrogens (tertiary/aromatic N) is 4. The molecule has 4 aliphatic rings. The zero-order valence-corrected chi connectivity index (χ0v) is 38.7. The molecule has 2 aromatic carbocycles. The standard InChI is InChI=1S/C22H20Br2ClN3O2.C22H21BrClN3O2/c1-2-30-22(29)28-7-5-12(6-8-28)18-17-13(10-16(25)20(26)19(17)24)3-4-14-9-15(23)11-27-21(14)18;1-2-29-22(28)27-7-5-13(6-8-27)20-17-11-19(25)18(24)10-14(17)3-4-15-9-16(23)12-26-21(15)20/h3-4,9-11H,2,5-8,26H2,1H3;3-4,9-12H,2,5-8,25H2,1H3. The van der Waals surface area contributed by atoms with E-state index in [9.17, 15) is 9.59 Å². The number of hydrogen-bond donors (Lipinski definition) is 2. The highest BCUT2D eigenvalue weighted by atomic mass is 79.9. The highest BCUT2D eigenvalue weighted by Gasteiger charge is 2.29. The molecule has 0 atom stereocenters. The van der Waals surface area contributed by atoms with E-state index in [1.165, 1.54) is 11.1 Å². The van der Waals surface area contributed by atoms with Crippen LogP contribution in [0, 0.1) is 0 Å². The summed E-state index contributed by atoms with van der Waals surface area (Å²) in [6, 6.07) is 9.84.